The van der Waals surface area contributed by atoms with Gasteiger partial charge in [-0.1, -0.05) is 5.16 Å². The zero-order valence-electron chi connectivity index (χ0n) is 10.1. The fourth-order valence-electron chi connectivity index (χ4n) is 1.48. The van der Waals surface area contributed by atoms with Crippen LogP contribution < -0.4 is 5.32 Å². The van der Waals surface area contributed by atoms with Crippen LogP contribution in [0.3, 0.4) is 0 Å². The van der Waals surface area contributed by atoms with Crippen molar-refractivity contribution >= 4 is 27.7 Å². The first-order chi connectivity index (χ1) is 9.06. The first-order valence-electron chi connectivity index (χ1n) is 5.48. The summed E-state index contributed by atoms with van der Waals surface area (Å²) in [6.45, 7) is 2.18. The van der Waals surface area contributed by atoms with Gasteiger partial charge in [-0.15, -0.1) is 0 Å². The van der Waals surface area contributed by atoms with Crippen molar-refractivity contribution in [2.75, 3.05) is 11.9 Å². The van der Waals surface area contributed by atoms with E-state index in [9.17, 15) is 4.79 Å². The summed E-state index contributed by atoms with van der Waals surface area (Å²) in [5.41, 5.74) is 0.110. The molecular formula is C11H11BrN4O3. The molecule has 0 aliphatic heterocycles. The first kappa shape index (κ1) is 13.5. The molecule has 0 unspecified atom stereocenters. The number of anilines is 1. The Morgan fingerprint density at radius 2 is 2.37 bits per heavy atom. The van der Waals surface area contributed by atoms with Crippen LogP contribution in [0, 0.1) is 6.92 Å². The Hall–Kier alpha value is -1.96. The predicted octanol–water partition coefficient (Wildman–Crippen LogP) is 1.89. The maximum absolute atomic E-state index is 11.1. The standard InChI is InChI=1S/C11H11BrN4O3/c1-6-15-9(16-19-6)2-3-13-10-8(11(17)18)4-7(12)5-14-10/h4-5H,2-3H2,1H3,(H,13,14)(H,17,18). The number of carbonyl (C=O) groups is 1. The number of halogens is 1. The first-order valence-corrected chi connectivity index (χ1v) is 6.27. The smallest absolute Gasteiger partial charge is 0.339 e. The molecular weight excluding hydrogens is 316 g/mol. The lowest BCUT2D eigenvalue weighted by atomic mass is 10.2. The van der Waals surface area contributed by atoms with E-state index in [-0.39, 0.29) is 5.56 Å². The van der Waals surface area contributed by atoms with E-state index in [2.05, 4.69) is 36.4 Å². The summed E-state index contributed by atoms with van der Waals surface area (Å²) in [5.74, 6) is 0.351. The van der Waals surface area contributed by atoms with Gasteiger partial charge in [0.25, 0.3) is 0 Å². The van der Waals surface area contributed by atoms with Gasteiger partial charge in [-0.05, 0) is 22.0 Å². The fraction of sp³-hybridized carbons (Fsp3) is 0.273. The van der Waals surface area contributed by atoms with Crippen LogP contribution in [0.15, 0.2) is 21.3 Å². The van der Waals surface area contributed by atoms with Crippen LogP contribution in [0.5, 0.6) is 0 Å². The van der Waals surface area contributed by atoms with Gasteiger partial charge in [0.05, 0.1) is 0 Å². The molecule has 0 bridgehead atoms. The van der Waals surface area contributed by atoms with Crippen molar-refractivity contribution in [2.45, 2.75) is 13.3 Å². The van der Waals surface area contributed by atoms with Gasteiger partial charge >= 0.3 is 5.97 Å². The third kappa shape index (κ3) is 3.50. The second kappa shape index (κ2) is 5.79. The van der Waals surface area contributed by atoms with Crippen molar-refractivity contribution in [1.29, 1.82) is 0 Å². The molecule has 100 valence electrons. The van der Waals surface area contributed by atoms with E-state index < -0.39 is 5.97 Å². The minimum atomic E-state index is -1.04. The number of pyridine rings is 1. The molecule has 0 fully saturated rings. The van der Waals surface area contributed by atoms with Gasteiger partial charge in [0.2, 0.25) is 5.89 Å². The Balaban J connectivity index is 2.01. The number of carboxylic acids is 1. The van der Waals surface area contributed by atoms with Crippen molar-refractivity contribution in [1.82, 2.24) is 15.1 Å². The molecule has 2 aromatic rings. The predicted molar refractivity (Wildman–Crippen MR) is 70.1 cm³/mol. The number of nitrogens with zero attached hydrogens (tertiary/aromatic N) is 3. The minimum Gasteiger partial charge on any atom is -0.478 e. The quantitative estimate of drug-likeness (QED) is 0.864. The fourth-order valence-corrected chi connectivity index (χ4v) is 1.81. The number of nitrogens with one attached hydrogen (secondary N) is 1. The van der Waals surface area contributed by atoms with Crippen LogP contribution in [-0.4, -0.2) is 32.7 Å². The lowest BCUT2D eigenvalue weighted by molar-refractivity contribution is 0.0697. The van der Waals surface area contributed by atoms with E-state index in [0.717, 1.165) is 0 Å². The summed E-state index contributed by atoms with van der Waals surface area (Å²) in [6.07, 6.45) is 2.06. The van der Waals surface area contributed by atoms with E-state index in [4.69, 9.17) is 9.63 Å². The van der Waals surface area contributed by atoms with Crippen LogP contribution in [0.1, 0.15) is 22.1 Å². The Labute approximate surface area is 117 Å². The van der Waals surface area contributed by atoms with Crippen LogP contribution in [0.25, 0.3) is 0 Å². The third-order valence-corrected chi connectivity index (χ3v) is 2.73. The van der Waals surface area contributed by atoms with Gasteiger partial charge in [-0.25, -0.2) is 9.78 Å². The van der Waals surface area contributed by atoms with E-state index >= 15 is 0 Å². The number of hydrogen-bond acceptors (Lipinski definition) is 6. The number of aromatic carboxylic acids is 1. The molecule has 2 heterocycles. The lowest BCUT2D eigenvalue weighted by Crippen LogP contribution is -2.11. The van der Waals surface area contributed by atoms with E-state index in [0.29, 0.717) is 35.0 Å². The zero-order valence-corrected chi connectivity index (χ0v) is 11.6. The topological polar surface area (TPSA) is 101 Å². The van der Waals surface area contributed by atoms with Crippen LogP contribution >= 0.6 is 15.9 Å². The molecule has 19 heavy (non-hydrogen) atoms. The molecule has 2 rings (SSSR count). The molecule has 2 N–H and O–H groups in total. The van der Waals surface area contributed by atoms with Gasteiger partial charge in [-0.3, -0.25) is 0 Å². The summed E-state index contributed by atoms with van der Waals surface area (Å²) in [5, 5.41) is 15.8. The lowest BCUT2D eigenvalue weighted by Gasteiger charge is -2.07. The number of aromatic nitrogens is 3. The number of hydrogen-bond donors (Lipinski definition) is 2. The Morgan fingerprint density at radius 1 is 1.58 bits per heavy atom. The monoisotopic (exact) mass is 326 g/mol. The normalized spacial score (nSPS) is 10.4. The van der Waals surface area contributed by atoms with Crippen LogP contribution in [0.4, 0.5) is 5.82 Å². The second-order valence-electron chi connectivity index (χ2n) is 3.76. The van der Waals surface area contributed by atoms with Crippen molar-refractivity contribution in [3.05, 3.63) is 34.0 Å². The molecule has 8 heteroatoms. The summed E-state index contributed by atoms with van der Waals surface area (Å²) < 4.78 is 5.46. The minimum absolute atomic E-state index is 0.110. The van der Waals surface area contributed by atoms with Crippen molar-refractivity contribution in [3.63, 3.8) is 0 Å². The summed E-state index contributed by atoms with van der Waals surface area (Å²) in [4.78, 5) is 19.2. The molecule has 0 radical (unpaired) electrons. The second-order valence-corrected chi connectivity index (χ2v) is 4.68. The SMILES string of the molecule is Cc1nc(CCNc2ncc(Br)cc2C(=O)O)no1. The van der Waals surface area contributed by atoms with E-state index in [1.165, 1.54) is 12.3 Å². The highest BCUT2D eigenvalue weighted by Gasteiger charge is 2.12. The van der Waals surface area contributed by atoms with Crippen molar-refractivity contribution < 1.29 is 14.4 Å². The van der Waals surface area contributed by atoms with Gasteiger partial charge in [0.15, 0.2) is 5.82 Å². The maximum atomic E-state index is 11.1. The number of aryl methyl sites for hydroxylation is 1. The molecule has 0 spiro atoms. The van der Waals surface area contributed by atoms with Gasteiger partial charge < -0.3 is 14.9 Å². The molecule has 0 amide bonds. The Kier molecular flexibility index (Phi) is 4.10. The molecule has 0 atom stereocenters. The van der Waals surface area contributed by atoms with E-state index in [1.54, 1.807) is 6.92 Å². The summed E-state index contributed by atoms with van der Waals surface area (Å²) in [6, 6.07) is 1.50. The highest BCUT2D eigenvalue weighted by Crippen LogP contribution is 2.17. The van der Waals surface area contributed by atoms with Crippen LogP contribution in [-0.2, 0) is 6.42 Å². The highest BCUT2D eigenvalue weighted by atomic mass is 79.9. The molecule has 0 saturated carbocycles. The Morgan fingerprint density at radius 3 is 3.00 bits per heavy atom. The largest absolute Gasteiger partial charge is 0.478 e. The van der Waals surface area contributed by atoms with Gasteiger partial charge in [0, 0.05) is 30.6 Å². The maximum Gasteiger partial charge on any atom is 0.339 e. The van der Waals surface area contributed by atoms with Crippen molar-refractivity contribution in [3.8, 4) is 0 Å². The number of rotatable bonds is 5. The summed E-state index contributed by atoms with van der Waals surface area (Å²) in [7, 11) is 0. The molecule has 0 aliphatic rings. The zero-order chi connectivity index (χ0) is 13.8. The summed E-state index contributed by atoms with van der Waals surface area (Å²) >= 11 is 3.19. The van der Waals surface area contributed by atoms with E-state index in [1.807, 2.05) is 0 Å². The Bertz CT molecular complexity index is 599. The van der Waals surface area contributed by atoms with Gasteiger partial charge in [-0.2, -0.15) is 4.98 Å². The third-order valence-electron chi connectivity index (χ3n) is 2.30. The molecule has 0 aromatic carbocycles. The van der Waals surface area contributed by atoms with Gasteiger partial charge in [0.1, 0.15) is 11.4 Å². The average Bonchev–Trinajstić information content (AvgIpc) is 2.77. The molecule has 0 aliphatic carbocycles. The van der Waals surface area contributed by atoms with Crippen molar-refractivity contribution in [2.24, 2.45) is 0 Å². The molecule has 7 nitrogen and oxygen atoms in total. The van der Waals surface area contributed by atoms with Crippen LogP contribution in [0.2, 0.25) is 0 Å². The molecule has 0 saturated heterocycles. The highest BCUT2D eigenvalue weighted by molar-refractivity contribution is 9.10. The molecule has 2 aromatic heterocycles. The average molecular weight is 327 g/mol. The number of carboxylic acid groups (broad SMARTS) is 1.